The number of carbonyl (C=O) groups is 1. The second-order valence-electron chi connectivity index (χ2n) is 14.7. The maximum absolute atomic E-state index is 12.7. The van der Waals surface area contributed by atoms with Gasteiger partial charge in [0, 0.05) is 6.92 Å². The standard InChI is InChI=1S/C32H55NO25/c1-7-14(39)16(41)21(46)30(50-7)57-26-12(6-37)53-29(13(33-8(2)38)27(26)58-31-22(47)17(42)15(40)9(3-34)52-31)55-25-11(5-36)54-32(23(48)19(25)44)56-24-10(4-35)51-28(49)20(45)18(24)43/h7,9-32,34-37,39-49H,3-6H2,1-2H3,(H,33,38)/t7-,9-,10-,11-,12-,13-,14+,15+,16+,17+,18-,19-,20-,21-,22-,23-,24-,25+,26-,27-,28?,29+,30-,31+,32+/m1/s1. The van der Waals surface area contributed by atoms with Gasteiger partial charge in [-0.3, -0.25) is 4.79 Å². The molecule has 5 rings (SSSR count). The molecular formula is C32H55NO25. The molecule has 0 bridgehead atoms. The minimum Gasteiger partial charge on any atom is -0.394 e. The predicted octanol–water partition coefficient (Wildman–Crippen LogP) is -10.8. The highest BCUT2D eigenvalue weighted by Gasteiger charge is 2.57. The fourth-order valence-electron chi connectivity index (χ4n) is 7.37. The van der Waals surface area contributed by atoms with E-state index in [2.05, 4.69) is 5.32 Å². The summed E-state index contributed by atoms with van der Waals surface area (Å²) in [7, 11) is 0. The average Bonchev–Trinajstić information content (AvgIpc) is 3.20. The van der Waals surface area contributed by atoms with Crippen LogP contribution in [0.3, 0.4) is 0 Å². The van der Waals surface area contributed by atoms with Gasteiger partial charge in [-0.05, 0) is 6.92 Å². The summed E-state index contributed by atoms with van der Waals surface area (Å²) in [4.78, 5) is 12.7. The summed E-state index contributed by atoms with van der Waals surface area (Å²) in [5, 5.41) is 159. The Kier molecular flexibility index (Phi) is 16.5. The minimum absolute atomic E-state index is 0.821. The second-order valence-corrected chi connectivity index (χ2v) is 14.7. The zero-order valence-corrected chi connectivity index (χ0v) is 31.1. The number of aliphatic hydroxyl groups excluding tert-OH is 15. The molecule has 338 valence electrons. The van der Waals surface area contributed by atoms with E-state index < -0.39 is 186 Å². The molecule has 0 aromatic rings. The van der Waals surface area contributed by atoms with E-state index >= 15 is 0 Å². The lowest BCUT2D eigenvalue weighted by molar-refractivity contribution is -0.390. The first kappa shape index (κ1) is 47.6. The molecule has 1 amide bonds. The van der Waals surface area contributed by atoms with E-state index in [4.69, 9.17) is 42.6 Å². The number of amides is 1. The molecule has 0 aromatic carbocycles. The first-order valence-corrected chi connectivity index (χ1v) is 18.5. The lowest BCUT2D eigenvalue weighted by atomic mass is 9.93. The van der Waals surface area contributed by atoms with E-state index in [0.29, 0.717) is 0 Å². The van der Waals surface area contributed by atoms with Crippen molar-refractivity contribution in [1.29, 1.82) is 0 Å². The third-order valence-corrected chi connectivity index (χ3v) is 10.7. The maximum Gasteiger partial charge on any atom is 0.217 e. The van der Waals surface area contributed by atoms with Crippen molar-refractivity contribution in [3.8, 4) is 0 Å². The van der Waals surface area contributed by atoms with Crippen LogP contribution in [-0.2, 0) is 47.4 Å². The highest BCUT2D eigenvalue weighted by atomic mass is 16.8. The van der Waals surface area contributed by atoms with Crippen molar-refractivity contribution in [2.45, 2.75) is 167 Å². The molecule has 26 nitrogen and oxygen atoms in total. The third kappa shape index (κ3) is 9.75. The molecule has 1 unspecified atom stereocenters. The lowest BCUT2D eigenvalue weighted by Gasteiger charge is -2.51. The quantitative estimate of drug-likeness (QED) is 0.0818. The SMILES string of the molecule is CC(=O)N[C@H]1[C@H](O[C@@H]2[C@H](O)[C@@H](O)[C@H](O[C@H]3[C@H](O)[C@@H](O)C(O)O[C@@H]3CO)O[C@@H]2CO)O[C@H](CO)[C@@H](O[C@H]2O[C@H](C)[C@H](O)[C@H](O)[C@H]2O)[C@@H]1O[C@@H]1O[C@H](CO)[C@H](O)[C@H](O)[C@H]1O. The predicted molar refractivity (Wildman–Crippen MR) is 177 cm³/mol. The van der Waals surface area contributed by atoms with Crippen molar-refractivity contribution in [1.82, 2.24) is 5.32 Å². The molecule has 26 heteroatoms. The summed E-state index contributed by atoms with van der Waals surface area (Å²) < 4.78 is 51.4. The second kappa shape index (κ2) is 20.1. The van der Waals surface area contributed by atoms with Gasteiger partial charge < -0.3 is 125 Å². The number of hydrogen-bond acceptors (Lipinski definition) is 25. The van der Waals surface area contributed by atoms with Gasteiger partial charge in [0.05, 0.1) is 32.5 Å². The van der Waals surface area contributed by atoms with Crippen LogP contribution in [-0.4, -0.2) is 262 Å². The van der Waals surface area contributed by atoms with Crippen LogP contribution in [0.1, 0.15) is 13.8 Å². The molecular weight excluding hydrogens is 798 g/mol. The van der Waals surface area contributed by atoms with E-state index in [1.807, 2.05) is 0 Å². The highest BCUT2D eigenvalue weighted by Crippen LogP contribution is 2.36. The highest BCUT2D eigenvalue weighted by molar-refractivity contribution is 5.73. The van der Waals surface area contributed by atoms with Crippen molar-refractivity contribution in [2.24, 2.45) is 0 Å². The summed E-state index contributed by atoms with van der Waals surface area (Å²) in [6.07, 6.45) is -43.2. The Morgan fingerprint density at radius 2 is 0.845 bits per heavy atom. The smallest absolute Gasteiger partial charge is 0.217 e. The van der Waals surface area contributed by atoms with E-state index in [1.165, 1.54) is 6.92 Å². The molecule has 5 fully saturated rings. The molecule has 5 saturated heterocycles. The first-order valence-electron chi connectivity index (χ1n) is 18.5. The van der Waals surface area contributed by atoms with E-state index in [9.17, 15) is 81.4 Å². The van der Waals surface area contributed by atoms with Crippen LogP contribution >= 0.6 is 0 Å². The molecule has 16 N–H and O–H groups in total. The summed E-state index contributed by atoms with van der Waals surface area (Å²) in [5.41, 5.74) is 0. The van der Waals surface area contributed by atoms with Crippen molar-refractivity contribution in [3.63, 3.8) is 0 Å². The number of rotatable bonds is 13. The van der Waals surface area contributed by atoms with Gasteiger partial charge in [0.1, 0.15) is 116 Å². The summed E-state index contributed by atoms with van der Waals surface area (Å²) in [5.74, 6) is -0.821. The Bertz CT molecular complexity index is 1300. The summed E-state index contributed by atoms with van der Waals surface area (Å²) in [6, 6.07) is -1.71. The van der Waals surface area contributed by atoms with Crippen LogP contribution in [0.2, 0.25) is 0 Å². The largest absolute Gasteiger partial charge is 0.394 e. The summed E-state index contributed by atoms with van der Waals surface area (Å²) >= 11 is 0. The molecule has 5 aliphatic heterocycles. The van der Waals surface area contributed by atoms with Crippen molar-refractivity contribution >= 4 is 5.91 Å². The molecule has 0 spiro atoms. The zero-order valence-electron chi connectivity index (χ0n) is 31.1. The fourth-order valence-corrected chi connectivity index (χ4v) is 7.37. The van der Waals surface area contributed by atoms with Gasteiger partial charge >= 0.3 is 0 Å². The van der Waals surface area contributed by atoms with E-state index in [-0.39, 0.29) is 0 Å². The number of carbonyl (C=O) groups excluding carboxylic acids is 1. The maximum atomic E-state index is 12.7. The topological polar surface area (TPSA) is 416 Å². The van der Waals surface area contributed by atoms with Gasteiger partial charge in [0.2, 0.25) is 5.91 Å². The Hall–Kier alpha value is -1.49. The van der Waals surface area contributed by atoms with Crippen molar-refractivity contribution in [3.05, 3.63) is 0 Å². The van der Waals surface area contributed by atoms with Gasteiger partial charge in [0.25, 0.3) is 0 Å². The lowest BCUT2D eigenvalue weighted by Crippen LogP contribution is -2.71. The minimum atomic E-state index is -2.11. The number of ether oxygens (including phenoxy) is 9. The molecule has 5 heterocycles. The summed E-state index contributed by atoms with van der Waals surface area (Å²) in [6.45, 7) is -1.34. The Labute approximate surface area is 329 Å². The third-order valence-electron chi connectivity index (χ3n) is 10.7. The van der Waals surface area contributed by atoms with Crippen LogP contribution in [0.25, 0.3) is 0 Å². The molecule has 58 heavy (non-hydrogen) atoms. The van der Waals surface area contributed by atoms with Gasteiger partial charge in [-0.25, -0.2) is 0 Å². The Balaban J connectivity index is 1.46. The Morgan fingerprint density at radius 3 is 1.40 bits per heavy atom. The van der Waals surface area contributed by atoms with Crippen LogP contribution in [0.5, 0.6) is 0 Å². The van der Waals surface area contributed by atoms with E-state index in [1.54, 1.807) is 0 Å². The zero-order chi connectivity index (χ0) is 42.9. The molecule has 0 saturated carbocycles. The average molecular weight is 854 g/mol. The number of aliphatic hydroxyl groups is 15. The van der Waals surface area contributed by atoms with Crippen LogP contribution < -0.4 is 5.32 Å². The van der Waals surface area contributed by atoms with Crippen LogP contribution in [0.15, 0.2) is 0 Å². The molecule has 0 aliphatic carbocycles. The van der Waals surface area contributed by atoms with Gasteiger partial charge in [-0.2, -0.15) is 0 Å². The van der Waals surface area contributed by atoms with Crippen LogP contribution in [0, 0.1) is 0 Å². The molecule has 0 radical (unpaired) electrons. The van der Waals surface area contributed by atoms with Crippen molar-refractivity contribution < 1.29 is 124 Å². The van der Waals surface area contributed by atoms with Gasteiger partial charge in [0.15, 0.2) is 31.5 Å². The van der Waals surface area contributed by atoms with Gasteiger partial charge in [-0.15, -0.1) is 0 Å². The monoisotopic (exact) mass is 853 g/mol. The van der Waals surface area contributed by atoms with Gasteiger partial charge in [-0.1, -0.05) is 0 Å². The number of nitrogens with one attached hydrogen (secondary N) is 1. The fraction of sp³-hybridized carbons (Fsp3) is 0.969. The van der Waals surface area contributed by atoms with Crippen LogP contribution in [0.4, 0.5) is 0 Å². The first-order chi connectivity index (χ1) is 27.4. The Morgan fingerprint density at radius 1 is 0.448 bits per heavy atom. The molecule has 5 aliphatic rings. The normalized spacial score (nSPS) is 51.6. The van der Waals surface area contributed by atoms with E-state index in [0.717, 1.165) is 6.92 Å². The molecule has 0 aromatic heterocycles. The van der Waals surface area contributed by atoms with Crippen molar-refractivity contribution in [2.75, 3.05) is 26.4 Å². The number of hydrogen-bond donors (Lipinski definition) is 16. The molecule has 25 atom stereocenters.